The van der Waals surface area contributed by atoms with E-state index in [0.29, 0.717) is 28.2 Å². The molecule has 2 N–H and O–H groups in total. The van der Waals surface area contributed by atoms with E-state index in [1.807, 2.05) is 47.0 Å². The van der Waals surface area contributed by atoms with Crippen LogP contribution in [0.2, 0.25) is 0 Å². The van der Waals surface area contributed by atoms with E-state index in [0.717, 1.165) is 37.6 Å². The molecule has 1 aliphatic rings. The predicted molar refractivity (Wildman–Crippen MR) is 248 cm³/mol. The molecule has 2 nitrogen and oxygen atoms in total. The third kappa shape index (κ3) is 12.0. The molecule has 4 aromatic rings. The summed E-state index contributed by atoms with van der Waals surface area (Å²) in [7, 11) is 0. The molecule has 2 aromatic heterocycles. The number of rotatable bonds is 21. The lowest BCUT2D eigenvalue weighted by Gasteiger charge is -2.32. The van der Waals surface area contributed by atoms with Gasteiger partial charge in [0.05, 0.1) is 22.9 Å². The molecule has 3 heterocycles. The maximum absolute atomic E-state index is 4.70. The Morgan fingerprint density at radius 2 is 1.15 bits per heavy atom. The number of aromatic amines is 2. The van der Waals surface area contributed by atoms with Crippen molar-refractivity contribution in [1.29, 1.82) is 0 Å². The van der Waals surface area contributed by atoms with E-state index in [4.69, 9.17) is 12.6 Å². The SMILES string of the molecule is SCSC1SCSC1CSC(SC(SCS)C(SCS)SCS)C(SCc1cc2ccccc2[nH]1)SCc1cc2ccccc2[nH]1. The van der Waals surface area contributed by atoms with Crippen molar-refractivity contribution < 1.29 is 0 Å². The zero-order valence-electron chi connectivity index (χ0n) is 24.8. The zero-order chi connectivity index (χ0) is 32.1. The van der Waals surface area contributed by atoms with Crippen LogP contribution in [0, 0.1) is 0 Å². The Morgan fingerprint density at radius 3 is 1.70 bits per heavy atom. The quantitative estimate of drug-likeness (QED) is 0.0360. The smallest absolute Gasteiger partial charge is 0.0733 e. The van der Waals surface area contributed by atoms with Gasteiger partial charge in [0.1, 0.15) is 0 Å². The molecule has 0 amide bonds. The molecule has 46 heavy (non-hydrogen) atoms. The summed E-state index contributed by atoms with van der Waals surface area (Å²) in [5.74, 6) is 3.06. The molecule has 0 saturated carbocycles. The summed E-state index contributed by atoms with van der Waals surface area (Å²) >= 11 is 39.1. The average molecular weight is 876 g/mol. The van der Waals surface area contributed by atoms with E-state index in [-0.39, 0.29) is 0 Å². The number of hydrogen-bond acceptors (Lipinski definition) is 14. The van der Waals surface area contributed by atoms with Crippen LogP contribution in [0.15, 0.2) is 60.7 Å². The van der Waals surface area contributed by atoms with Gasteiger partial charge in [-0.3, -0.25) is 0 Å². The second kappa shape index (κ2) is 21.8. The van der Waals surface area contributed by atoms with E-state index in [9.17, 15) is 0 Å². The van der Waals surface area contributed by atoms with Crippen LogP contribution in [0.5, 0.6) is 0 Å². The van der Waals surface area contributed by atoms with Crippen molar-refractivity contribution in [2.75, 3.05) is 31.2 Å². The molecule has 5 rings (SSSR count). The molecule has 4 unspecified atom stereocenters. The van der Waals surface area contributed by atoms with E-state index in [2.05, 4.69) is 179 Å². The summed E-state index contributed by atoms with van der Waals surface area (Å²) in [6.07, 6.45) is 0. The number of benzene rings is 2. The highest BCUT2D eigenvalue weighted by Gasteiger charge is 2.35. The average Bonchev–Trinajstić information content (AvgIpc) is 3.81. The highest BCUT2D eigenvalue weighted by Crippen LogP contribution is 2.52. The maximum atomic E-state index is 4.70. The summed E-state index contributed by atoms with van der Waals surface area (Å²) in [5.41, 5.74) is 5.01. The van der Waals surface area contributed by atoms with Gasteiger partial charge in [0.25, 0.3) is 0 Å². The minimum Gasteiger partial charge on any atom is -0.358 e. The van der Waals surface area contributed by atoms with Gasteiger partial charge < -0.3 is 9.97 Å². The Bertz CT molecular complexity index is 1300. The van der Waals surface area contributed by atoms with E-state index in [1.54, 1.807) is 0 Å². The summed E-state index contributed by atoms with van der Waals surface area (Å²) in [5, 5.41) is 7.68. The van der Waals surface area contributed by atoms with Crippen LogP contribution in [-0.4, -0.2) is 69.3 Å². The first-order chi connectivity index (χ1) is 22.6. The molecule has 16 heteroatoms. The number of hydrogen-bond donors (Lipinski definition) is 6. The van der Waals surface area contributed by atoms with Gasteiger partial charge in [-0.2, -0.15) is 50.5 Å². The number of nitrogens with one attached hydrogen (secondary N) is 2. The summed E-state index contributed by atoms with van der Waals surface area (Å²) < 4.78 is 2.20. The zero-order valence-corrected chi connectivity index (χ0v) is 36.5. The first kappa shape index (κ1) is 39.6. The maximum Gasteiger partial charge on any atom is 0.0733 e. The van der Waals surface area contributed by atoms with E-state index in [1.165, 1.54) is 38.3 Å². The number of thiol groups is 4. The first-order valence-corrected chi connectivity index (χ1v) is 27.3. The predicted octanol–water partition coefficient (Wildman–Crippen LogP) is 12.2. The fourth-order valence-electron chi connectivity index (χ4n) is 4.82. The lowest BCUT2D eigenvalue weighted by atomic mass is 10.2. The number of fused-ring (bicyclic) bond motifs is 2. The number of aromatic nitrogens is 2. The van der Waals surface area contributed by atoms with Crippen LogP contribution in [-0.2, 0) is 11.5 Å². The lowest BCUT2D eigenvalue weighted by Crippen LogP contribution is -2.25. The molecule has 2 aromatic carbocycles. The van der Waals surface area contributed by atoms with E-state index < -0.39 is 0 Å². The Morgan fingerprint density at radius 1 is 0.630 bits per heavy atom. The minimum absolute atomic E-state index is 0.383. The van der Waals surface area contributed by atoms with Gasteiger partial charge in [0.2, 0.25) is 0 Å². The molecular weight excluding hydrogens is 837 g/mol. The van der Waals surface area contributed by atoms with Gasteiger partial charge in [-0.15, -0.1) is 118 Å². The molecule has 0 spiro atoms. The van der Waals surface area contributed by atoms with E-state index >= 15 is 0 Å². The van der Waals surface area contributed by atoms with Gasteiger partial charge in [-0.1, -0.05) is 36.4 Å². The molecule has 0 aliphatic carbocycles. The van der Waals surface area contributed by atoms with Gasteiger partial charge in [0.15, 0.2) is 0 Å². The summed E-state index contributed by atoms with van der Waals surface area (Å²) in [6, 6.07) is 21.9. The number of para-hydroxylation sites is 2. The van der Waals surface area contributed by atoms with Crippen molar-refractivity contribution in [3.8, 4) is 0 Å². The van der Waals surface area contributed by atoms with Crippen molar-refractivity contribution in [2.24, 2.45) is 0 Å². The highest BCUT2D eigenvalue weighted by atomic mass is 32.3. The van der Waals surface area contributed by atoms with Gasteiger partial charge >= 0.3 is 0 Å². The Kier molecular flexibility index (Phi) is 18.8. The second-order valence-electron chi connectivity index (χ2n) is 9.87. The third-order valence-corrected chi connectivity index (χ3v) is 24.6. The third-order valence-electron chi connectivity index (χ3n) is 6.89. The molecule has 252 valence electrons. The molecular formula is C30H38N2S14. The van der Waals surface area contributed by atoms with Crippen molar-refractivity contribution in [3.63, 3.8) is 0 Å². The fraction of sp³-hybridized carbons (Fsp3) is 0.467. The molecule has 1 fully saturated rings. The van der Waals surface area contributed by atoms with Gasteiger partial charge in [0, 0.05) is 70.4 Å². The highest BCUT2D eigenvalue weighted by molar-refractivity contribution is 8.32. The van der Waals surface area contributed by atoms with Gasteiger partial charge in [-0.25, -0.2) is 0 Å². The van der Waals surface area contributed by atoms with Crippen LogP contribution >= 0.6 is 168 Å². The Labute approximate surface area is 338 Å². The van der Waals surface area contributed by atoms with Crippen LogP contribution in [0.4, 0.5) is 0 Å². The first-order valence-electron chi connectivity index (χ1n) is 14.4. The summed E-state index contributed by atoms with van der Waals surface area (Å²) in [6.45, 7) is 0. The molecule has 1 saturated heterocycles. The lowest BCUT2D eigenvalue weighted by molar-refractivity contribution is 1.11. The molecule has 0 bridgehead atoms. The topological polar surface area (TPSA) is 31.6 Å². The second-order valence-corrected chi connectivity index (χ2v) is 26.3. The standard InChI is InChI=1S/C30H38N2S14/c33-14-40-26-25(44-18-45-26)13-39-29(46-30(43-17-36)28(41-15-34)42-16-35)27(37-11-21-9-19-5-1-3-7-23(19)31-21)38-12-22-10-20-6-2-4-8-24(20)32-22/h1-10,25-36H,11-18H2. The number of H-pyrrole nitrogens is 2. The number of thioether (sulfide) groups is 10. The molecule has 1 aliphatic heterocycles. The fourth-order valence-corrected chi connectivity index (χ4v) is 24.0. The van der Waals surface area contributed by atoms with Crippen molar-refractivity contribution >= 4 is 190 Å². The van der Waals surface area contributed by atoms with Gasteiger partial charge in [-0.05, 0) is 35.0 Å². The Balaban J connectivity index is 1.40. The van der Waals surface area contributed by atoms with Crippen molar-refractivity contribution in [2.45, 2.75) is 39.7 Å². The molecule has 0 radical (unpaired) electrons. The van der Waals surface area contributed by atoms with Crippen LogP contribution < -0.4 is 0 Å². The summed E-state index contributed by atoms with van der Waals surface area (Å²) in [4.78, 5) is 7.37. The minimum atomic E-state index is 0.383. The Hall–Kier alpha value is 2.42. The monoisotopic (exact) mass is 874 g/mol. The molecule has 4 atom stereocenters. The van der Waals surface area contributed by atoms with Crippen molar-refractivity contribution in [3.05, 3.63) is 72.1 Å². The van der Waals surface area contributed by atoms with Crippen molar-refractivity contribution in [1.82, 2.24) is 9.97 Å². The van der Waals surface area contributed by atoms with Crippen LogP contribution in [0.3, 0.4) is 0 Å². The van der Waals surface area contributed by atoms with Crippen LogP contribution in [0.1, 0.15) is 11.4 Å². The van der Waals surface area contributed by atoms with Crippen LogP contribution in [0.25, 0.3) is 21.8 Å². The largest absolute Gasteiger partial charge is 0.358 e. The normalized spacial score (nSPS) is 18.4.